The first-order chi connectivity index (χ1) is 17.6. The van der Waals surface area contributed by atoms with Gasteiger partial charge < -0.3 is 23.5 Å². The SMILES string of the molecule is COc1cccc(Oc2c(CN(C[C@H]3CCCO3)C(=O)c3ccco3)c(-c3ccccc3)nn2C)c1. The lowest BCUT2D eigenvalue weighted by Crippen LogP contribution is -2.37. The van der Waals surface area contributed by atoms with Crippen LogP contribution in [0.5, 0.6) is 17.4 Å². The lowest BCUT2D eigenvalue weighted by Gasteiger charge is -2.25. The van der Waals surface area contributed by atoms with Gasteiger partial charge in [-0.25, -0.2) is 4.68 Å². The zero-order chi connectivity index (χ0) is 24.9. The van der Waals surface area contributed by atoms with Crippen molar-refractivity contribution < 1.29 is 23.4 Å². The quantitative estimate of drug-likeness (QED) is 0.319. The van der Waals surface area contributed by atoms with Crippen molar-refractivity contribution in [3.05, 3.63) is 84.3 Å². The average Bonchev–Trinajstić information content (AvgIpc) is 3.68. The van der Waals surface area contributed by atoms with Gasteiger partial charge >= 0.3 is 0 Å². The maximum absolute atomic E-state index is 13.5. The van der Waals surface area contributed by atoms with Gasteiger partial charge in [-0.05, 0) is 37.1 Å². The predicted molar refractivity (Wildman–Crippen MR) is 134 cm³/mol. The van der Waals surface area contributed by atoms with E-state index in [1.807, 2.05) is 61.6 Å². The minimum absolute atomic E-state index is 0.0245. The van der Waals surface area contributed by atoms with Gasteiger partial charge in [-0.2, -0.15) is 5.10 Å². The largest absolute Gasteiger partial charge is 0.497 e. The topological polar surface area (TPSA) is 79.0 Å². The molecule has 0 radical (unpaired) electrons. The molecule has 2 aromatic heterocycles. The van der Waals surface area contributed by atoms with Gasteiger partial charge in [0.05, 0.1) is 31.6 Å². The normalized spacial score (nSPS) is 15.1. The molecule has 0 bridgehead atoms. The van der Waals surface area contributed by atoms with Crippen LogP contribution < -0.4 is 9.47 Å². The van der Waals surface area contributed by atoms with Crippen LogP contribution in [0.4, 0.5) is 0 Å². The smallest absolute Gasteiger partial charge is 0.289 e. The van der Waals surface area contributed by atoms with E-state index in [4.69, 9.17) is 23.7 Å². The van der Waals surface area contributed by atoms with Crippen molar-refractivity contribution in [1.29, 1.82) is 0 Å². The Bertz CT molecular complexity index is 1290. The third-order valence-corrected chi connectivity index (χ3v) is 6.21. The molecular formula is C28H29N3O5. The number of carbonyl (C=O) groups is 1. The zero-order valence-electron chi connectivity index (χ0n) is 20.4. The van der Waals surface area contributed by atoms with Crippen molar-refractivity contribution in [3.63, 3.8) is 0 Å². The molecule has 8 nitrogen and oxygen atoms in total. The Morgan fingerprint density at radius 1 is 1.11 bits per heavy atom. The van der Waals surface area contributed by atoms with Crippen molar-refractivity contribution in [2.45, 2.75) is 25.5 Å². The monoisotopic (exact) mass is 487 g/mol. The number of rotatable bonds is 9. The first-order valence-corrected chi connectivity index (χ1v) is 12.0. The number of methoxy groups -OCH3 is 1. The molecule has 1 fully saturated rings. The highest BCUT2D eigenvalue weighted by molar-refractivity contribution is 5.91. The molecule has 1 aliphatic heterocycles. The van der Waals surface area contributed by atoms with Gasteiger partial charge in [0.15, 0.2) is 5.76 Å². The van der Waals surface area contributed by atoms with E-state index in [2.05, 4.69) is 0 Å². The van der Waals surface area contributed by atoms with Gasteiger partial charge in [-0.3, -0.25) is 4.79 Å². The highest BCUT2D eigenvalue weighted by Gasteiger charge is 2.29. The van der Waals surface area contributed by atoms with Gasteiger partial charge in [-0.1, -0.05) is 36.4 Å². The number of ether oxygens (including phenoxy) is 3. The molecule has 8 heteroatoms. The van der Waals surface area contributed by atoms with Gasteiger partial charge in [0.1, 0.15) is 17.2 Å². The molecule has 0 spiro atoms. The molecule has 4 aromatic rings. The number of carbonyl (C=O) groups excluding carboxylic acids is 1. The fourth-order valence-corrected chi connectivity index (χ4v) is 4.43. The van der Waals surface area contributed by atoms with Crippen LogP contribution in [0, 0.1) is 0 Å². The molecule has 1 saturated heterocycles. The third kappa shape index (κ3) is 5.13. The summed E-state index contributed by atoms with van der Waals surface area (Å²) in [6.07, 6.45) is 3.38. The lowest BCUT2D eigenvalue weighted by molar-refractivity contribution is 0.0483. The second-order valence-corrected chi connectivity index (χ2v) is 8.70. The summed E-state index contributed by atoms with van der Waals surface area (Å²) in [6.45, 7) is 1.43. The van der Waals surface area contributed by atoms with Crippen molar-refractivity contribution in [3.8, 4) is 28.6 Å². The molecule has 0 unspecified atom stereocenters. The highest BCUT2D eigenvalue weighted by atomic mass is 16.5. The molecule has 1 aliphatic rings. The van der Waals surface area contributed by atoms with Crippen LogP contribution in [-0.2, 0) is 18.3 Å². The Hall–Kier alpha value is -4.04. The number of furan rings is 1. The average molecular weight is 488 g/mol. The molecule has 0 saturated carbocycles. The van der Waals surface area contributed by atoms with Crippen LogP contribution in [0.2, 0.25) is 0 Å². The fraction of sp³-hybridized carbons (Fsp3) is 0.286. The number of aromatic nitrogens is 2. The summed E-state index contributed by atoms with van der Waals surface area (Å²) in [5, 5.41) is 4.79. The molecule has 3 heterocycles. The minimum atomic E-state index is -0.203. The zero-order valence-corrected chi connectivity index (χ0v) is 20.4. The third-order valence-electron chi connectivity index (χ3n) is 6.21. The van der Waals surface area contributed by atoms with E-state index < -0.39 is 0 Å². The maximum atomic E-state index is 13.5. The second kappa shape index (κ2) is 10.7. The molecule has 0 N–H and O–H groups in total. The van der Waals surface area contributed by atoms with Gasteiger partial charge in [0, 0.05) is 31.8 Å². The first-order valence-electron chi connectivity index (χ1n) is 12.0. The van der Waals surface area contributed by atoms with Crippen molar-refractivity contribution in [2.75, 3.05) is 20.3 Å². The van der Waals surface area contributed by atoms with Gasteiger partial charge in [-0.15, -0.1) is 0 Å². The molecule has 1 atom stereocenters. The van der Waals surface area contributed by atoms with Crippen LogP contribution in [-0.4, -0.2) is 47.0 Å². The van der Waals surface area contributed by atoms with E-state index in [-0.39, 0.29) is 24.3 Å². The van der Waals surface area contributed by atoms with Crippen LogP contribution in [0.15, 0.2) is 77.4 Å². The molecule has 1 amide bonds. The number of hydrogen-bond acceptors (Lipinski definition) is 6. The standard InChI is InChI=1S/C28H29N3O5/c1-30-28(36-22-12-6-11-21(17-22)33-2)24(26(29-30)20-9-4-3-5-10-20)19-31(18-23-13-7-15-34-23)27(32)25-14-8-16-35-25/h3-6,8-12,14,16-17,23H,7,13,15,18-19H2,1-2H3/t23-/m1/s1. The predicted octanol–water partition coefficient (Wildman–Crippen LogP) is 5.30. The maximum Gasteiger partial charge on any atom is 0.289 e. The van der Waals surface area contributed by atoms with E-state index in [9.17, 15) is 4.79 Å². The van der Waals surface area contributed by atoms with Crippen LogP contribution >= 0.6 is 0 Å². The molecule has 36 heavy (non-hydrogen) atoms. The van der Waals surface area contributed by atoms with E-state index >= 15 is 0 Å². The first kappa shape index (κ1) is 23.7. The molecule has 0 aliphatic carbocycles. The van der Waals surface area contributed by atoms with E-state index in [1.165, 1.54) is 6.26 Å². The van der Waals surface area contributed by atoms with Gasteiger partial charge in [0.25, 0.3) is 5.91 Å². The Morgan fingerprint density at radius 2 is 1.94 bits per heavy atom. The Kier molecular flexibility index (Phi) is 7.04. The molecular weight excluding hydrogens is 458 g/mol. The number of nitrogens with zero attached hydrogens (tertiary/aromatic N) is 3. The molecule has 2 aromatic carbocycles. The van der Waals surface area contributed by atoms with Crippen molar-refractivity contribution in [2.24, 2.45) is 7.05 Å². The number of benzene rings is 2. The van der Waals surface area contributed by atoms with Gasteiger partial charge in [0.2, 0.25) is 5.88 Å². The summed E-state index contributed by atoms with van der Waals surface area (Å²) in [7, 11) is 3.45. The van der Waals surface area contributed by atoms with Crippen LogP contribution in [0.25, 0.3) is 11.3 Å². The summed E-state index contributed by atoms with van der Waals surface area (Å²) < 4.78 is 24.7. The molecule has 186 valence electrons. The Balaban J connectivity index is 1.55. The van der Waals surface area contributed by atoms with E-state index in [0.717, 1.165) is 29.7 Å². The van der Waals surface area contributed by atoms with Crippen molar-refractivity contribution in [1.82, 2.24) is 14.7 Å². The number of hydrogen-bond donors (Lipinski definition) is 0. The van der Waals surface area contributed by atoms with E-state index in [1.54, 1.807) is 28.8 Å². The minimum Gasteiger partial charge on any atom is -0.497 e. The number of amides is 1. The second-order valence-electron chi connectivity index (χ2n) is 8.70. The summed E-state index contributed by atoms with van der Waals surface area (Å²) in [4.78, 5) is 15.3. The van der Waals surface area contributed by atoms with Crippen LogP contribution in [0.1, 0.15) is 29.0 Å². The lowest BCUT2D eigenvalue weighted by atomic mass is 10.1. The van der Waals surface area contributed by atoms with Crippen molar-refractivity contribution >= 4 is 5.91 Å². The summed E-state index contributed by atoms with van der Waals surface area (Å²) >= 11 is 0. The van der Waals surface area contributed by atoms with Crippen LogP contribution in [0.3, 0.4) is 0 Å². The summed E-state index contributed by atoms with van der Waals surface area (Å²) in [6, 6.07) is 20.7. The molecule has 5 rings (SSSR count). The summed E-state index contributed by atoms with van der Waals surface area (Å²) in [5.41, 5.74) is 2.48. The highest BCUT2D eigenvalue weighted by Crippen LogP contribution is 2.35. The Labute approximate surface area is 210 Å². The Morgan fingerprint density at radius 3 is 2.67 bits per heavy atom. The summed E-state index contributed by atoms with van der Waals surface area (Å²) in [5.74, 6) is 1.93. The number of aryl methyl sites for hydroxylation is 1. The van der Waals surface area contributed by atoms with E-state index in [0.29, 0.717) is 30.5 Å². The fourth-order valence-electron chi connectivity index (χ4n) is 4.43.